The van der Waals surface area contributed by atoms with Crippen LogP contribution in [0.5, 0.6) is 5.75 Å². The van der Waals surface area contributed by atoms with Crippen LogP contribution < -0.4 is 15.4 Å². The van der Waals surface area contributed by atoms with E-state index in [-0.39, 0.29) is 17.9 Å². The highest BCUT2D eigenvalue weighted by Crippen LogP contribution is 2.22. The topological polar surface area (TPSA) is 94.0 Å². The van der Waals surface area contributed by atoms with Crippen molar-refractivity contribution in [1.82, 2.24) is 25.3 Å². The van der Waals surface area contributed by atoms with Crippen molar-refractivity contribution in [3.63, 3.8) is 0 Å². The van der Waals surface area contributed by atoms with Crippen LogP contribution in [0.15, 0.2) is 54.9 Å². The van der Waals surface area contributed by atoms with E-state index in [4.69, 9.17) is 0 Å². The predicted molar refractivity (Wildman–Crippen MR) is 93.1 cm³/mol. The van der Waals surface area contributed by atoms with Crippen LogP contribution in [0, 0.1) is 0 Å². The Hall–Kier alpha value is -3.63. The molecule has 0 atom stereocenters. The van der Waals surface area contributed by atoms with Crippen LogP contribution in [0.1, 0.15) is 10.4 Å². The normalized spacial score (nSPS) is 11.1. The van der Waals surface area contributed by atoms with Gasteiger partial charge in [-0.3, -0.25) is 4.79 Å². The van der Waals surface area contributed by atoms with Crippen LogP contribution in [0.25, 0.3) is 5.82 Å². The molecule has 28 heavy (non-hydrogen) atoms. The number of ether oxygens (including phenoxy) is 1. The summed E-state index contributed by atoms with van der Waals surface area (Å²) in [4.78, 5) is 12.0. The summed E-state index contributed by atoms with van der Waals surface area (Å²) < 4.78 is 41.7. The number of hydrogen-bond donors (Lipinski definition) is 2. The van der Waals surface area contributed by atoms with Crippen LogP contribution in [0.2, 0.25) is 0 Å². The van der Waals surface area contributed by atoms with Crippen molar-refractivity contribution in [2.24, 2.45) is 0 Å². The van der Waals surface area contributed by atoms with Crippen LogP contribution >= 0.6 is 0 Å². The molecule has 0 radical (unpaired) electrons. The summed E-state index contributed by atoms with van der Waals surface area (Å²) in [6.45, 7) is 0.666. The molecule has 8 nitrogen and oxygen atoms in total. The molecular weight excluding hydrogens is 377 g/mol. The summed E-state index contributed by atoms with van der Waals surface area (Å²) in [5, 5.41) is 17.7. The van der Waals surface area contributed by atoms with Gasteiger partial charge in [0.1, 0.15) is 11.6 Å². The Bertz CT molecular complexity index is 896. The van der Waals surface area contributed by atoms with Gasteiger partial charge < -0.3 is 15.4 Å². The number of benzene rings is 1. The summed E-state index contributed by atoms with van der Waals surface area (Å²) in [6.07, 6.45) is -1.39. The Labute approximate surface area is 157 Å². The molecule has 1 aromatic carbocycles. The molecule has 0 unspecified atom stereocenters. The zero-order valence-corrected chi connectivity index (χ0v) is 14.3. The fourth-order valence-electron chi connectivity index (χ4n) is 2.22. The van der Waals surface area contributed by atoms with E-state index >= 15 is 0 Å². The molecule has 11 heteroatoms. The van der Waals surface area contributed by atoms with Crippen molar-refractivity contribution in [1.29, 1.82) is 0 Å². The molecule has 0 fully saturated rings. The van der Waals surface area contributed by atoms with E-state index in [2.05, 4.69) is 30.7 Å². The maximum atomic E-state index is 12.1. The number of nitrogens with one attached hydrogen (secondary N) is 2. The molecule has 0 aliphatic rings. The number of carbonyl (C=O) groups excluding carboxylic acids is 1. The van der Waals surface area contributed by atoms with Crippen molar-refractivity contribution < 1.29 is 22.7 Å². The van der Waals surface area contributed by atoms with E-state index < -0.39 is 12.3 Å². The maximum Gasteiger partial charge on any atom is 0.573 e. The molecule has 0 aliphatic heterocycles. The van der Waals surface area contributed by atoms with Crippen molar-refractivity contribution in [2.45, 2.75) is 6.36 Å². The standard InChI is InChI=1S/C17H15F3N6O2/c18-17(19,20)28-13-4-2-12(3-5-13)16(27)22-10-9-21-14-6-7-15(25-24-14)26-11-1-8-23-26/h1-8,11H,9-10H2,(H,21,24)(H,22,27). The Morgan fingerprint density at radius 1 is 1.07 bits per heavy atom. The molecule has 2 heterocycles. The highest BCUT2D eigenvalue weighted by molar-refractivity contribution is 5.94. The molecule has 2 N–H and O–H groups in total. The lowest BCUT2D eigenvalue weighted by atomic mass is 10.2. The summed E-state index contributed by atoms with van der Waals surface area (Å²) in [5.41, 5.74) is 0.220. The lowest BCUT2D eigenvalue weighted by Crippen LogP contribution is -2.29. The number of carbonyl (C=O) groups is 1. The predicted octanol–water partition coefficient (Wildman–Crippen LogP) is 2.40. The zero-order chi connectivity index (χ0) is 20.0. The van der Waals surface area contributed by atoms with Gasteiger partial charge in [0, 0.05) is 31.0 Å². The van der Waals surface area contributed by atoms with Crippen LogP contribution in [-0.2, 0) is 0 Å². The summed E-state index contributed by atoms with van der Waals surface area (Å²) >= 11 is 0. The lowest BCUT2D eigenvalue weighted by Gasteiger charge is -2.10. The van der Waals surface area contributed by atoms with Gasteiger partial charge in [-0.15, -0.1) is 23.4 Å². The first-order valence-corrected chi connectivity index (χ1v) is 8.12. The van der Waals surface area contributed by atoms with Crippen molar-refractivity contribution in [2.75, 3.05) is 18.4 Å². The largest absolute Gasteiger partial charge is 0.573 e. The van der Waals surface area contributed by atoms with Gasteiger partial charge in [-0.05, 0) is 42.5 Å². The number of aromatic nitrogens is 4. The highest BCUT2D eigenvalue weighted by atomic mass is 19.4. The number of alkyl halides is 3. The van der Waals surface area contributed by atoms with E-state index in [1.54, 1.807) is 35.3 Å². The maximum absolute atomic E-state index is 12.1. The van der Waals surface area contributed by atoms with Gasteiger partial charge >= 0.3 is 6.36 Å². The quantitative estimate of drug-likeness (QED) is 0.600. The molecular formula is C17H15F3N6O2. The van der Waals surface area contributed by atoms with E-state index in [1.807, 2.05) is 0 Å². The molecule has 0 saturated carbocycles. The molecule has 2 aromatic heterocycles. The lowest BCUT2D eigenvalue weighted by molar-refractivity contribution is -0.274. The van der Waals surface area contributed by atoms with Crippen LogP contribution in [0.3, 0.4) is 0 Å². The SMILES string of the molecule is O=C(NCCNc1ccc(-n2cccn2)nn1)c1ccc(OC(F)(F)F)cc1. The Morgan fingerprint density at radius 2 is 1.86 bits per heavy atom. The van der Waals surface area contributed by atoms with Gasteiger partial charge in [0.25, 0.3) is 5.91 Å². The van der Waals surface area contributed by atoms with E-state index in [9.17, 15) is 18.0 Å². The fourth-order valence-corrected chi connectivity index (χ4v) is 2.22. The Kier molecular flexibility index (Phi) is 5.72. The number of rotatable bonds is 7. The number of anilines is 1. The minimum atomic E-state index is -4.77. The summed E-state index contributed by atoms with van der Waals surface area (Å²) in [7, 11) is 0. The summed E-state index contributed by atoms with van der Waals surface area (Å²) in [5.74, 6) is 0.295. The third kappa shape index (κ3) is 5.43. The molecule has 0 bridgehead atoms. The first-order valence-electron chi connectivity index (χ1n) is 8.12. The van der Waals surface area contributed by atoms with Crippen molar-refractivity contribution in [3.8, 4) is 11.6 Å². The van der Waals surface area contributed by atoms with Gasteiger partial charge in [0.05, 0.1) is 0 Å². The highest BCUT2D eigenvalue weighted by Gasteiger charge is 2.31. The van der Waals surface area contributed by atoms with Gasteiger partial charge in [0.15, 0.2) is 5.82 Å². The van der Waals surface area contributed by atoms with Gasteiger partial charge in [-0.2, -0.15) is 5.10 Å². The second kappa shape index (κ2) is 8.37. The van der Waals surface area contributed by atoms with Crippen LogP contribution in [-0.4, -0.2) is 45.3 Å². The molecule has 0 aliphatic carbocycles. The molecule has 0 spiro atoms. The number of nitrogens with zero attached hydrogens (tertiary/aromatic N) is 4. The fraction of sp³-hybridized carbons (Fsp3) is 0.176. The molecule has 0 saturated heterocycles. The third-order valence-electron chi connectivity index (χ3n) is 3.46. The van der Waals surface area contributed by atoms with Gasteiger partial charge in [-0.25, -0.2) is 4.68 Å². The molecule has 3 rings (SSSR count). The smallest absolute Gasteiger partial charge is 0.406 e. The number of amides is 1. The third-order valence-corrected chi connectivity index (χ3v) is 3.46. The average molecular weight is 392 g/mol. The molecule has 1 amide bonds. The van der Waals surface area contributed by atoms with Gasteiger partial charge in [-0.1, -0.05) is 0 Å². The second-order valence-electron chi connectivity index (χ2n) is 5.48. The van der Waals surface area contributed by atoms with Crippen molar-refractivity contribution >= 4 is 11.7 Å². The summed E-state index contributed by atoms with van der Waals surface area (Å²) in [6, 6.07) is 9.91. The monoisotopic (exact) mass is 392 g/mol. The van der Waals surface area contributed by atoms with Crippen LogP contribution in [0.4, 0.5) is 19.0 Å². The van der Waals surface area contributed by atoms with Crippen molar-refractivity contribution in [3.05, 3.63) is 60.4 Å². The van der Waals surface area contributed by atoms with Gasteiger partial charge in [0.2, 0.25) is 0 Å². The minimum absolute atomic E-state index is 0.220. The minimum Gasteiger partial charge on any atom is -0.406 e. The zero-order valence-electron chi connectivity index (χ0n) is 14.3. The molecule has 146 valence electrons. The Balaban J connectivity index is 1.43. The van der Waals surface area contributed by atoms with E-state index in [1.165, 1.54) is 12.1 Å². The average Bonchev–Trinajstić information content (AvgIpc) is 3.20. The number of hydrogen-bond acceptors (Lipinski definition) is 6. The second-order valence-corrected chi connectivity index (χ2v) is 5.48. The Morgan fingerprint density at radius 3 is 2.46 bits per heavy atom. The first-order chi connectivity index (χ1) is 13.4. The molecule has 3 aromatic rings. The van der Waals surface area contributed by atoms with E-state index in [0.29, 0.717) is 18.2 Å². The van der Waals surface area contributed by atoms with E-state index in [0.717, 1.165) is 12.1 Å². The number of halogens is 3. The first kappa shape index (κ1) is 19.1.